The maximum Gasteiger partial charge on any atom is 0.0880 e. The van der Waals surface area contributed by atoms with Crippen LogP contribution >= 0.6 is 0 Å². The molecule has 0 N–H and O–H groups in total. The summed E-state index contributed by atoms with van der Waals surface area (Å²) in [5, 5.41) is 2.07. The van der Waals surface area contributed by atoms with Gasteiger partial charge in [0.25, 0.3) is 0 Å². The van der Waals surface area contributed by atoms with Crippen molar-refractivity contribution in [3.8, 4) is 0 Å². The lowest BCUT2D eigenvalue weighted by Crippen LogP contribution is -2.47. The standard InChI is InChI=1S/C20H23NO3/c1-3-7-16(8-4-1)11-21-19-14-22-15-20(18(19)13-24-21)23-12-17-9-5-2-6-10-17/h1-10,18-20H,11-15H2/t18-,19-,20-/m0/s1. The molecule has 0 spiro atoms. The maximum atomic E-state index is 6.15. The number of hydrogen-bond donors (Lipinski definition) is 0. The van der Waals surface area contributed by atoms with E-state index in [0.29, 0.717) is 32.3 Å². The Labute approximate surface area is 142 Å². The Hall–Kier alpha value is -1.72. The van der Waals surface area contributed by atoms with Crippen LogP contribution in [-0.4, -0.2) is 37.0 Å². The monoisotopic (exact) mass is 325 g/mol. The van der Waals surface area contributed by atoms with Crippen molar-refractivity contribution in [3.63, 3.8) is 0 Å². The third-order valence-corrected chi connectivity index (χ3v) is 4.83. The van der Waals surface area contributed by atoms with Crippen molar-refractivity contribution in [2.24, 2.45) is 5.92 Å². The smallest absolute Gasteiger partial charge is 0.0880 e. The molecule has 2 saturated heterocycles. The Kier molecular flexibility index (Phi) is 4.90. The SMILES string of the molecule is c1ccc(CO[C@H]2COC[C@H]3[C@@H]2CON3Cc2ccccc2)cc1. The minimum atomic E-state index is 0.0877. The van der Waals surface area contributed by atoms with E-state index in [2.05, 4.69) is 41.5 Å². The number of nitrogens with zero attached hydrogens (tertiary/aromatic N) is 1. The molecule has 0 amide bonds. The quantitative estimate of drug-likeness (QED) is 0.845. The Morgan fingerprint density at radius 1 is 0.875 bits per heavy atom. The summed E-state index contributed by atoms with van der Waals surface area (Å²) in [6.45, 7) is 3.48. The first-order valence-electron chi connectivity index (χ1n) is 8.57. The van der Waals surface area contributed by atoms with Crippen molar-refractivity contribution in [1.29, 1.82) is 0 Å². The van der Waals surface area contributed by atoms with Crippen LogP contribution in [0.4, 0.5) is 0 Å². The molecule has 0 radical (unpaired) electrons. The molecule has 2 aliphatic rings. The van der Waals surface area contributed by atoms with Crippen molar-refractivity contribution >= 4 is 0 Å². The highest BCUT2D eigenvalue weighted by atomic mass is 16.7. The predicted octanol–water partition coefficient (Wildman–Crippen LogP) is 3.03. The van der Waals surface area contributed by atoms with Gasteiger partial charge in [-0.05, 0) is 11.1 Å². The topological polar surface area (TPSA) is 30.9 Å². The first-order valence-corrected chi connectivity index (χ1v) is 8.57. The zero-order valence-corrected chi connectivity index (χ0v) is 13.7. The number of hydroxylamine groups is 2. The molecule has 2 aliphatic heterocycles. The van der Waals surface area contributed by atoms with Gasteiger partial charge in [-0.3, -0.25) is 4.84 Å². The highest BCUT2D eigenvalue weighted by molar-refractivity contribution is 5.15. The molecule has 0 saturated carbocycles. The first-order chi connectivity index (χ1) is 11.9. The second kappa shape index (κ2) is 7.45. The molecule has 4 heteroatoms. The summed E-state index contributed by atoms with van der Waals surface area (Å²) in [6, 6.07) is 21.0. The van der Waals surface area contributed by atoms with Gasteiger partial charge in [0.1, 0.15) is 0 Å². The van der Waals surface area contributed by atoms with Crippen LogP contribution in [0.15, 0.2) is 60.7 Å². The summed E-state index contributed by atoms with van der Waals surface area (Å²) < 4.78 is 12.0. The van der Waals surface area contributed by atoms with Crippen LogP contribution in [0.1, 0.15) is 11.1 Å². The van der Waals surface area contributed by atoms with Gasteiger partial charge in [0.2, 0.25) is 0 Å². The van der Waals surface area contributed by atoms with Crippen LogP contribution in [0.2, 0.25) is 0 Å². The Balaban J connectivity index is 1.37. The molecule has 4 nitrogen and oxygen atoms in total. The van der Waals surface area contributed by atoms with Crippen LogP contribution in [0.5, 0.6) is 0 Å². The fraction of sp³-hybridized carbons (Fsp3) is 0.400. The highest BCUT2D eigenvalue weighted by Crippen LogP contribution is 2.31. The van der Waals surface area contributed by atoms with Gasteiger partial charge in [-0.1, -0.05) is 60.7 Å². The molecular formula is C20H23NO3. The van der Waals surface area contributed by atoms with Crippen LogP contribution in [-0.2, 0) is 27.5 Å². The number of ether oxygens (including phenoxy) is 2. The summed E-state index contributed by atoms with van der Waals surface area (Å²) in [6.07, 6.45) is 0.0877. The molecule has 2 heterocycles. The molecule has 0 unspecified atom stereocenters. The third kappa shape index (κ3) is 3.52. The van der Waals surface area contributed by atoms with Gasteiger partial charge in [0, 0.05) is 12.5 Å². The molecule has 24 heavy (non-hydrogen) atoms. The van der Waals surface area contributed by atoms with Crippen LogP contribution in [0.3, 0.4) is 0 Å². The van der Waals surface area contributed by atoms with Crippen molar-refractivity contribution < 1.29 is 14.3 Å². The fourth-order valence-electron chi connectivity index (χ4n) is 3.47. The second-order valence-corrected chi connectivity index (χ2v) is 6.46. The van der Waals surface area contributed by atoms with E-state index in [-0.39, 0.29) is 12.1 Å². The van der Waals surface area contributed by atoms with E-state index in [4.69, 9.17) is 14.3 Å². The summed E-state index contributed by atoms with van der Waals surface area (Å²) in [4.78, 5) is 5.96. The lowest BCUT2D eigenvalue weighted by Gasteiger charge is -2.34. The Morgan fingerprint density at radius 2 is 1.58 bits per heavy atom. The lowest BCUT2D eigenvalue weighted by molar-refractivity contribution is -0.160. The highest BCUT2D eigenvalue weighted by Gasteiger charge is 2.44. The van der Waals surface area contributed by atoms with Crippen molar-refractivity contribution in [2.45, 2.75) is 25.3 Å². The molecule has 2 fully saturated rings. The lowest BCUT2D eigenvalue weighted by atomic mass is 9.93. The number of hydrogen-bond acceptors (Lipinski definition) is 4. The molecule has 2 aromatic carbocycles. The first kappa shape index (κ1) is 15.8. The molecule has 3 atom stereocenters. The summed E-state index contributed by atoms with van der Waals surface area (Å²) in [7, 11) is 0. The average molecular weight is 325 g/mol. The van der Waals surface area contributed by atoms with Gasteiger partial charge < -0.3 is 9.47 Å². The summed E-state index contributed by atoms with van der Waals surface area (Å²) in [5.74, 6) is 0.367. The van der Waals surface area contributed by atoms with Gasteiger partial charge in [-0.2, -0.15) is 5.06 Å². The largest absolute Gasteiger partial charge is 0.377 e. The van der Waals surface area contributed by atoms with E-state index in [1.807, 2.05) is 24.3 Å². The average Bonchev–Trinajstić information content (AvgIpc) is 3.05. The van der Waals surface area contributed by atoms with E-state index in [9.17, 15) is 0 Å². The molecule has 0 aliphatic carbocycles. The van der Waals surface area contributed by atoms with E-state index in [0.717, 1.165) is 6.54 Å². The number of rotatable bonds is 5. The zero-order valence-electron chi connectivity index (χ0n) is 13.7. The Bertz CT molecular complexity index is 634. The zero-order chi connectivity index (χ0) is 16.2. The van der Waals surface area contributed by atoms with Crippen LogP contribution < -0.4 is 0 Å². The van der Waals surface area contributed by atoms with Gasteiger partial charge in [0.05, 0.1) is 38.6 Å². The fourth-order valence-corrected chi connectivity index (χ4v) is 3.47. The minimum Gasteiger partial charge on any atom is -0.377 e. The Morgan fingerprint density at radius 3 is 2.33 bits per heavy atom. The predicted molar refractivity (Wildman–Crippen MR) is 91.1 cm³/mol. The molecule has 2 aromatic rings. The number of fused-ring (bicyclic) bond motifs is 1. The molecular weight excluding hydrogens is 302 g/mol. The van der Waals surface area contributed by atoms with Gasteiger partial charge in [-0.15, -0.1) is 0 Å². The van der Waals surface area contributed by atoms with Crippen molar-refractivity contribution in [1.82, 2.24) is 5.06 Å². The third-order valence-electron chi connectivity index (χ3n) is 4.83. The van der Waals surface area contributed by atoms with E-state index >= 15 is 0 Å². The van der Waals surface area contributed by atoms with Crippen LogP contribution in [0.25, 0.3) is 0 Å². The van der Waals surface area contributed by atoms with Crippen LogP contribution in [0, 0.1) is 5.92 Å². The molecule has 126 valence electrons. The maximum absolute atomic E-state index is 6.15. The molecule has 0 bridgehead atoms. The van der Waals surface area contributed by atoms with Gasteiger partial charge in [0.15, 0.2) is 0 Å². The normalized spacial score (nSPS) is 27.1. The second-order valence-electron chi connectivity index (χ2n) is 6.46. The van der Waals surface area contributed by atoms with Gasteiger partial charge >= 0.3 is 0 Å². The summed E-state index contributed by atoms with van der Waals surface area (Å²) >= 11 is 0. The van der Waals surface area contributed by atoms with E-state index in [1.54, 1.807) is 0 Å². The van der Waals surface area contributed by atoms with E-state index < -0.39 is 0 Å². The molecule has 4 rings (SSSR count). The van der Waals surface area contributed by atoms with E-state index in [1.165, 1.54) is 11.1 Å². The van der Waals surface area contributed by atoms with Crippen molar-refractivity contribution in [2.75, 3.05) is 19.8 Å². The minimum absolute atomic E-state index is 0.0877. The summed E-state index contributed by atoms with van der Waals surface area (Å²) in [5.41, 5.74) is 2.45. The molecule has 0 aromatic heterocycles. The van der Waals surface area contributed by atoms with Gasteiger partial charge in [-0.25, -0.2) is 0 Å². The number of benzene rings is 2. The van der Waals surface area contributed by atoms with Crippen molar-refractivity contribution in [3.05, 3.63) is 71.8 Å².